The van der Waals surface area contributed by atoms with Gasteiger partial charge in [-0.15, -0.1) is 0 Å². The van der Waals surface area contributed by atoms with Gasteiger partial charge in [-0.05, 0) is 47.9 Å². The highest BCUT2D eigenvalue weighted by Gasteiger charge is 2.41. The molecule has 1 heterocycles. The Morgan fingerprint density at radius 3 is 2.61 bits per heavy atom. The molecule has 1 aliphatic rings. The topological polar surface area (TPSA) is 82.1 Å². The smallest absolute Gasteiger partial charge is 0.330 e. The van der Waals surface area contributed by atoms with Crippen molar-refractivity contribution in [1.82, 2.24) is 0 Å². The summed E-state index contributed by atoms with van der Waals surface area (Å²) in [4.78, 5) is 24.1. The van der Waals surface area contributed by atoms with Gasteiger partial charge >= 0.3 is 11.9 Å². The number of hydrogen-bond donors (Lipinski definition) is 1. The van der Waals surface area contributed by atoms with Crippen LogP contribution in [0, 0.1) is 0 Å². The van der Waals surface area contributed by atoms with E-state index in [9.17, 15) is 14.7 Å². The number of aromatic hydroxyl groups is 1. The number of rotatable bonds is 6. The van der Waals surface area contributed by atoms with Crippen LogP contribution in [-0.2, 0) is 19.1 Å². The van der Waals surface area contributed by atoms with Gasteiger partial charge < -0.3 is 19.3 Å². The van der Waals surface area contributed by atoms with Gasteiger partial charge in [-0.2, -0.15) is 0 Å². The molecule has 1 N–H and O–H groups in total. The molecule has 3 rings (SSSR count). The van der Waals surface area contributed by atoms with Crippen molar-refractivity contribution < 1.29 is 28.9 Å². The summed E-state index contributed by atoms with van der Waals surface area (Å²) in [5.41, 5.74) is 2.19. The van der Waals surface area contributed by atoms with Crippen LogP contribution in [0.1, 0.15) is 42.1 Å². The lowest BCUT2D eigenvalue weighted by atomic mass is 9.90. The maximum Gasteiger partial charge on any atom is 0.330 e. The zero-order valence-corrected chi connectivity index (χ0v) is 15.8. The Balaban J connectivity index is 1.89. The Hall–Kier alpha value is -3.28. The molecule has 2 atom stereocenters. The minimum atomic E-state index is -0.648. The van der Waals surface area contributed by atoms with Gasteiger partial charge in [-0.3, -0.25) is 4.79 Å². The van der Waals surface area contributed by atoms with Crippen molar-refractivity contribution in [2.75, 3.05) is 13.7 Å². The van der Waals surface area contributed by atoms with E-state index < -0.39 is 24.0 Å². The monoisotopic (exact) mass is 382 g/mol. The number of phenols is 1. The quantitative estimate of drug-likeness (QED) is 0.605. The number of ether oxygens (including phenoxy) is 3. The lowest BCUT2D eigenvalue weighted by Crippen LogP contribution is -2.20. The van der Waals surface area contributed by atoms with Gasteiger partial charge in [0.2, 0.25) is 0 Å². The fraction of sp³-hybridized carbons (Fsp3) is 0.273. The minimum Gasteiger partial charge on any atom is -0.508 e. The van der Waals surface area contributed by atoms with Crippen molar-refractivity contribution in [3.63, 3.8) is 0 Å². The van der Waals surface area contributed by atoms with Crippen molar-refractivity contribution in [3.05, 3.63) is 65.2 Å². The fourth-order valence-corrected chi connectivity index (χ4v) is 3.11. The highest BCUT2D eigenvalue weighted by molar-refractivity contribution is 5.87. The molecule has 0 amide bonds. The maximum atomic E-state index is 12.5. The predicted molar refractivity (Wildman–Crippen MR) is 103 cm³/mol. The summed E-state index contributed by atoms with van der Waals surface area (Å²) in [6.45, 7) is 2.30. The molecule has 6 heteroatoms. The summed E-state index contributed by atoms with van der Waals surface area (Å²) in [5, 5.41) is 9.51. The first-order chi connectivity index (χ1) is 13.5. The molecular formula is C22H22O6. The van der Waals surface area contributed by atoms with Crippen molar-refractivity contribution in [2.24, 2.45) is 0 Å². The van der Waals surface area contributed by atoms with E-state index in [0.717, 1.165) is 17.5 Å². The first kappa shape index (κ1) is 19.5. The van der Waals surface area contributed by atoms with Crippen LogP contribution in [0.4, 0.5) is 0 Å². The minimum absolute atomic E-state index is 0.135. The molecule has 1 aliphatic heterocycles. The second-order valence-corrected chi connectivity index (χ2v) is 6.43. The van der Waals surface area contributed by atoms with E-state index in [1.54, 1.807) is 48.5 Å². The number of fused-ring (bicyclic) bond motifs is 1. The van der Waals surface area contributed by atoms with Crippen LogP contribution in [0.15, 0.2) is 48.5 Å². The third-order valence-electron chi connectivity index (χ3n) is 4.46. The van der Waals surface area contributed by atoms with Crippen LogP contribution in [0.3, 0.4) is 0 Å². The number of carbonyl (C=O) groups is 2. The van der Waals surface area contributed by atoms with Crippen molar-refractivity contribution in [1.29, 1.82) is 0 Å². The number of esters is 2. The number of benzene rings is 2. The number of carbonyl (C=O) groups excluding carboxylic acids is 2. The molecule has 0 saturated carbocycles. The van der Waals surface area contributed by atoms with Gasteiger partial charge in [0.1, 0.15) is 23.5 Å². The molecule has 2 aromatic rings. The highest BCUT2D eigenvalue weighted by atomic mass is 16.5. The number of hydrogen-bond acceptors (Lipinski definition) is 6. The van der Waals surface area contributed by atoms with Crippen molar-refractivity contribution in [3.8, 4) is 11.5 Å². The molecule has 0 fully saturated rings. The van der Waals surface area contributed by atoms with Crippen LogP contribution in [0.25, 0.3) is 6.08 Å². The predicted octanol–water partition coefficient (Wildman–Crippen LogP) is 3.75. The average molecular weight is 382 g/mol. The van der Waals surface area contributed by atoms with E-state index >= 15 is 0 Å². The first-order valence-electron chi connectivity index (χ1n) is 9.05. The molecule has 0 spiro atoms. The number of phenolic OH excluding ortho intramolecular Hbond substituents is 1. The van der Waals surface area contributed by atoms with Crippen molar-refractivity contribution in [2.45, 2.75) is 25.4 Å². The largest absolute Gasteiger partial charge is 0.508 e. The summed E-state index contributed by atoms with van der Waals surface area (Å²) in [5.74, 6) is -0.759. The lowest BCUT2D eigenvalue weighted by Gasteiger charge is -2.17. The Kier molecular flexibility index (Phi) is 5.99. The van der Waals surface area contributed by atoms with E-state index in [1.807, 2.05) is 6.92 Å². The van der Waals surface area contributed by atoms with Gasteiger partial charge in [0.15, 0.2) is 0 Å². The Labute approximate surface area is 163 Å². The van der Waals surface area contributed by atoms with Crippen LogP contribution in [0.5, 0.6) is 11.5 Å². The van der Waals surface area contributed by atoms with E-state index in [1.165, 1.54) is 13.2 Å². The molecule has 0 unspecified atom stereocenters. The van der Waals surface area contributed by atoms with Crippen LogP contribution in [0.2, 0.25) is 0 Å². The SMILES string of the molecule is CCCOC(=O)/C=C/c1ccc2c(c1)[C@@H](C(=O)OC)[C@H](c1ccc(O)cc1)O2. The van der Waals surface area contributed by atoms with E-state index in [-0.39, 0.29) is 5.75 Å². The average Bonchev–Trinajstić information content (AvgIpc) is 3.09. The van der Waals surface area contributed by atoms with Gasteiger partial charge in [-0.1, -0.05) is 25.1 Å². The molecule has 6 nitrogen and oxygen atoms in total. The highest BCUT2D eigenvalue weighted by Crippen LogP contribution is 2.47. The zero-order valence-electron chi connectivity index (χ0n) is 15.8. The molecule has 2 aromatic carbocycles. The molecule has 0 radical (unpaired) electrons. The maximum absolute atomic E-state index is 12.5. The molecule has 0 aromatic heterocycles. The first-order valence-corrected chi connectivity index (χ1v) is 9.05. The Bertz CT molecular complexity index is 884. The molecule has 28 heavy (non-hydrogen) atoms. The summed E-state index contributed by atoms with van der Waals surface area (Å²) in [6.07, 6.45) is 3.20. The molecule has 0 aliphatic carbocycles. The molecular weight excluding hydrogens is 360 g/mol. The van der Waals surface area contributed by atoms with Crippen molar-refractivity contribution >= 4 is 18.0 Å². The van der Waals surface area contributed by atoms with Gasteiger partial charge in [0.05, 0.1) is 13.7 Å². The van der Waals surface area contributed by atoms with Gasteiger partial charge in [0, 0.05) is 11.6 Å². The normalized spacial score (nSPS) is 17.8. The summed E-state index contributed by atoms with van der Waals surface area (Å²) in [6, 6.07) is 11.9. The second kappa shape index (κ2) is 8.61. The van der Waals surface area contributed by atoms with E-state index in [0.29, 0.717) is 17.9 Å². The van der Waals surface area contributed by atoms with E-state index in [2.05, 4.69) is 0 Å². The summed E-state index contributed by atoms with van der Waals surface area (Å²) >= 11 is 0. The summed E-state index contributed by atoms with van der Waals surface area (Å²) in [7, 11) is 1.34. The third kappa shape index (κ3) is 4.17. The standard InChI is InChI=1S/C22H22O6/c1-3-12-27-19(24)11-5-14-4-10-18-17(13-14)20(22(25)26-2)21(28-18)15-6-8-16(23)9-7-15/h4-11,13,20-21,23H,3,12H2,1-2H3/b11-5+/t20-,21+/m1/s1. The molecule has 0 saturated heterocycles. The lowest BCUT2D eigenvalue weighted by molar-refractivity contribution is -0.144. The second-order valence-electron chi connectivity index (χ2n) is 6.43. The fourth-order valence-electron chi connectivity index (χ4n) is 3.11. The third-order valence-corrected chi connectivity index (χ3v) is 4.46. The molecule has 146 valence electrons. The molecule has 0 bridgehead atoms. The van der Waals surface area contributed by atoms with Crippen LogP contribution >= 0.6 is 0 Å². The van der Waals surface area contributed by atoms with Gasteiger partial charge in [-0.25, -0.2) is 4.79 Å². The van der Waals surface area contributed by atoms with Crippen LogP contribution in [-0.4, -0.2) is 30.8 Å². The zero-order chi connectivity index (χ0) is 20.1. The summed E-state index contributed by atoms with van der Waals surface area (Å²) < 4.78 is 16.0. The Morgan fingerprint density at radius 1 is 1.18 bits per heavy atom. The van der Waals surface area contributed by atoms with E-state index in [4.69, 9.17) is 14.2 Å². The Morgan fingerprint density at radius 2 is 1.93 bits per heavy atom. The number of methoxy groups -OCH3 is 1. The van der Waals surface area contributed by atoms with Gasteiger partial charge in [0.25, 0.3) is 0 Å². The van der Waals surface area contributed by atoms with Crippen LogP contribution < -0.4 is 4.74 Å².